The number of unbranched alkanes of at least 4 members (excludes halogenated alkanes) is 3. The van der Waals surface area contributed by atoms with Crippen LogP contribution in [0.2, 0.25) is 0 Å². The molecule has 0 heterocycles. The minimum Gasteiger partial charge on any atom is -0.444 e. The second-order valence-electron chi connectivity index (χ2n) is 10.2. The van der Waals surface area contributed by atoms with Gasteiger partial charge in [-0.05, 0) is 55.9 Å². The number of hydrogen-bond donors (Lipinski definition) is 2. The molecule has 0 fully saturated rings. The molecule has 0 aromatic heterocycles. The Bertz CT molecular complexity index is 972. The first-order valence-electron chi connectivity index (χ1n) is 12.9. The van der Waals surface area contributed by atoms with Gasteiger partial charge in [0.1, 0.15) is 24.9 Å². The Labute approximate surface area is 219 Å². The molecular formula is C29H39NO7. The van der Waals surface area contributed by atoms with E-state index in [4.69, 9.17) is 18.9 Å². The van der Waals surface area contributed by atoms with Crippen molar-refractivity contribution in [3.8, 4) is 11.1 Å². The average molecular weight is 514 g/mol. The third-order valence-electron chi connectivity index (χ3n) is 5.92. The number of aliphatic hydroxyl groups excluding tert-OH is 1. The summed E-state index contributed by atoms with van der Waals surface area (Å²) in [6, 6.07) is 16.2. The van der Waals surface area contributed by atoms with Gasteiger partial charge >= 0.3 is 12.2 Å². The standard InChI is InChI=1S/C29H39NO7/c1-29(2,3)37-27(32)30-16-10-4-5-11-17-34-18-21(31)19-35-28(33)36-20-26-24-14-8-6-12-22(24)23-13-7-9-15-25(23)26/h6-9,12-15,21,26,31H,4-5,10-11,16-20H2,1-3H3,(H,30,32)/t21-/m1/s1. The van der Waals surface area contributed by atoms with Gasteiger partial charge in [0, 0.05) is 19.1 Å². The van der Waals surface area contributed by atoms with E-state index in [1.54, 1.807) is 0 Å². The zero-order valence-electron chi connectivity index (χ0n) is 22.0. The van der Waals surface area contributed by atoms with E-state index in [1.165, 1.54) is 0 Å². The normalized spacial score (nSPS) is 13.4. The SMILES string of the molecule is CC(C)(C)OC(=O)NCCCCCCOC[C@@H](O)COC(=O)OCC1c2ccccc2-c2ccccc21. The molecule has 0 spiro atoms. The monoisotopic (exact) mass is 513 g/mol. The largest absolute Gasteiger partial charge is 0.508 e. The summed E-state index contributed by atoms with van der Waals surface area (Å²) in [6.45, 7) is 6.63. The fourth-order valence-electron chi connectivity index (χ4n) is 4.25. The highest BCUT2D eigenvalue weighted by Crippen LogP contribution is 2.44. The number of nitrogens with one attached hydrogen (secondary N) is 1. The molecule has 0 unspecified atom stereocenters. The number of benzene rings is 2. The van der Waals surface area contributed by atoms with E-state index in [9.17, 15) is 14.7 Å². The van der Waals surface area contributed by atoms with Gasteiger partial charge in [0.25, 0.3) is 0 Å². The van der Waals surface area contributed by atoms with Crippen molar-refractivity contribution in [2.45, 2.75) is 64.1 Å². The number of aliphatic hydroxyl groups is 1. The third-order valence-corrected chi connectivity index (χ3v) is 5.92. The zero-order valence-corrected chi connectivity index (χ0v) is 22.0. The van der Waals surface area contributed by atoms with Gasteiger partial charge in [-0.1, -0.05) is 61.4 Å². The number of fused-ring (bicyclic) bond motifs is 3. The fraction of sp³-hybridized carbons (Fsp3) is 0.517. The molecule has 2 N–H and O–H groups in total. The van der Waals surface area contributed by atoms with Gasteiger partial charge in [0.05, 0.1) is 6.61 Å². The van der Waals surface area contributed by atoms with Crippen LogP contribution in [0.15, 0.2) is 48.5 Å². The van der Waals surface area contributed by atoms with Crippen LogP contribution < -0.4 is 5.32 Å². The Kier molecular flexibility index (Phi) is 10.8. The zero-order chi connectivity index (χ0) is 26.7. The molecule has 37 heavy (non-hydrogen) atoms. The van der Waals surface area contributed by atoms with Crippen LogP contribution in [0, 0.1) is 0 Å². The predicted octanol–water partition coefficient (Wildman–Crippen LogP) is 5.41. The van der Waals surface area contributed by atoms with Crippen LogP contribution in [-0.2, 0) is 18.9 Å². The first-order valence-corrected chi connectivity index (χ1v) is 12.9. The molecule has 2 aromatic rings. The summed E-state index contributed by atoms with van der Waals surface area (Å²) in [5.74, 6) is -0.0405. The van der Waals surface area contributed by atoms with E-state index in [0.29, 0.717) is 13.2 Å². The Morgan fingerprint density at radius 1 is 0.892 bits per heavy atom. The van der Waals surface area contributed by atoms with E-state index < -0.39 is 24.0 Å². The van der Waals surface area contributed by atoms with Crippen LogP contribution in [0.25, 0.3) is 11.1 Å². The van der Waals surface area contributed by atoms with Gasteiger partial charge in [0.2, 0.25) is 0 Å². The molecule has 1 atom stereocenters. The number of hydrogen-bond acceptors (Lipinski definition) is 7. The van der Waals surface area contributed by atoms with Crippen LogP contribution in [0.4, 0.5) is 9.59 Å². The molecule has 8 nitrogen and oxygen atoms in total. The fourth-order valence-corrected chi connectivity index (χ4v) is 4.25. The van der Waals surface area contributed by atoms with Gasteiger partial charge in [-0.25, -0.2) is 9.59 Å². The maximum Gasteiger partial charge on any atom is 0.508 e. The van der Waals surface area contributed by atoms with Crippen molar-refractivity contribution in [3.63, 3.8) is 0 Å². The molecule has 8 heteroatoms. The average Bonchev–Trinajstić information content (AvgIpc) is 3.18. The second kappa shape index (κ2) is 14.0. The molecule has 0 bridgehead atoms. The summed E-state index contributed by atoms with van der Waals surface area (Å²) in [7, 11) is 0. The molecular weight excluding hydrogens is 474 g/mol. The minimum atomic E-state index is -0.918. The van der Waals surface area contributed by atoms with E-state index in [2.05, 4.69) is 29.6 Å². The highest BCUT2D eigenvalue weighted by molar-refractivity contribution is 5.79. The van der Waals surface area contributed by atoms with Gasteiger partial charge in [-0.3, -0.25) is 0 Å². The summed E-state index contributed by atoms with van der Waals surface area (Å²) in [5, 5.41) is 12.8. The predicted molar refractivity (Wildman–Crippen MR) is 141 cm³/mol. The Morgan fingerprint density at radius 2 is 1.51 bits per heavy atom. The molecule has 2 aromatic carbocycles. The number of rotatable bonds is 13. The number of carbonyl (C=O) groups is 2. The molecule has 0 radical (unpaired) electrons. The van der Waals surface area contributed by atoms with Crippen molar-refractivity contribution in [1.82, 2.24) is 5.32 Å². The van der Waals surface area contributed by atoms with Crippen molar-refractivity contribution in [3.05, 3.63) is 59.7 Å². The van der Waals surface area contributed by atoms with Crippen LogP contribution in [-0.4, -0.2) is 62.0 Å². The summed E-state index contributed by atoms with van der Waals surface area (Å²) < 4.78 is 21.1. The van der Waals surface area contributed by atoms with Gasteiger partial charge in [-0.15, -0.1) is 0 Å². The number of alkyl carbamates (subject to hydrolysis) is 1. The lowest BCUT2D eigenvalue weighted by Gasteiger charge is -2.19. The lowest BCUT2D eigenvalue weighted by Crippen LogP contribution is -2.32. The van der Waals surface area contributed by atoms with Crippen LogP contribution in [0.3, 0.4) is 0 Å². The van der Waals surface area contributed by atoms with Crippen LogP contribution >= 0.6 is 0 Å². The maximum atomic E-state index is 12.1. The molecule has 3 rings (SSSR count). The minimum absolute atomic E-state index is 0.0405. The summed E-state index contributed by atoms with van der Waals surface area (Å²) in [5.41, 5.74) is 4.08. The highest BCUT2D eigenvalue weighted by Gasteiger charge is 2.29. The van der Waals surface area contributed by atoms with E-state index in [0.717, 1.165) is 47.9 Å². The highest BCUT2D eigenvalue weighted by atomic mass is 16.7. The summed E-state index contributed by atoms with van der Waals surface area (Å²) in [6.07, 6.45) is 1.47. The van der Waals surface area contributed by atoms with Crippen molar-refractivity contribution in [2.24, 2.45) is 0 Å². The van der Waals surface area contributed by atoms with Gasteiger partial charge in [0.15, 0.2) is 0 Å². The van der Waals surface area contributed by atoms with E-state index in [1.807, 2.05) is 45.0 Å². The van der Waals surface area contributed by atoms with Crippen molar-refractivity contribution in [1.29, 1.82) is 0 Å². The number of carbonyl (C=O) groups excluding carboxylic acids is 2. The molecule has 0 saturated heterocycles. The second-order valence-corrected chi connectivity index (χ2v) is 10.2. The molecule has 0 saturated carbocycles. The topological polar surface area (TPSA) is 103 Å². The van der Waals surface area contributed by atoms with Crippen LogP contribution in [0.5, 0.6) is 0 Å². The summed E-state index contributed by atoms with van der Waals surface area (Å²) in [4.78, 5) is 23.7. The molecule has 1 amide bonds. The lowest BCUT2D eigenvalue weighted by atomic mass is 9.98. The molecule has 1 aliphatic rings. The lowest BCUT2D eigenvalue weighted by molar-refractivity contribution is -0.0193. The molecule has 1 aliphatic carbocycles. The Balaban J connectivity index is 1.22. The maximum absolute atomic E-state index is 12.1. The van der Waals surface area contributed by atoms with Crippen LogP contribution in [0.1, 0.15) is 63.5 Å². The third kappa shape index (κ3) is 9.37. The van der Waals surface area contributed by atoms with Gasteiger partial charge in [-0.2, -0.15) is 0 Å². The van der Waals surface area contributed by atoms with E-state index >= 15 is 0 Å². The molecule has 202 valence electrons. The van der Waals surface area contributed by atoms with Crippen molar-refractivity contribution in [2.75, 3.05) is 33.0 Å². The molecule has 0 aliphatic heterocycles. The number of ether oxygens (including phenoxy) is 4. The van der Waals surface area contributed by atoms with Crippen molar-refractivity contribution < 1.29 is 33.6 Å². The smallest absolute Gasteiger partial charge is 0.444 e. The van der Waals surface area contributed by atoms with Gasteiger partial charge < -0.3 is 29.4 Å². The quantitative estimate of drug-likeness (QED) is 0.272. The first kappa shape index (κ1) is 28.5. The number of amides is 1. The van der Waals surface area contributed by atoms with E-state index in [-0.39, 0.29) is 25.7 Å². The van der Waals surface area contributed by atoms with Crippen molar-refractivity contribution >= 4 is 12.2 Å². The Morgan fingerprint density at radius 3 is 2.16 bits per heavy atom. The summed E-state index contributed by atoms with van der Waals surface area (Å²) >= 11 is 0. The Hall–Kier alpha value is -3.10. The first-order chi connectivity index (χ1) is 17.7.